The summed E-state index contributed by atoms with van der Waals surface area (Å²) in [5, 5.41) is 11.8. The Bertz CT molecular complexity index is 437. The molecule has 0 amide bonds. The van der Waals surface area contributed by atoms with Gasteiger partial charge in [0, 0.05) is 25.9 Å². The van der Waals surface area contributed by atoms with E-state index in [0.717, 1.165) is 6.42 Å². The van der Waals surface area contributed by atoms with E-state index in [4.69, 9.17) is 19.4 Å². The summed E-state index contributed by atoms with van der Waals surface area (Å²) in [7, 11) is 1.64. The SMILES string of the molecule is COCCCOCCOc1ccc(F)cc1/C(C)=N/O. The Morgan fingerprint density at radius 1 is 1.25 bits per heavy atom. The average molecular weight is 285 g/mol. The average Bonchev–Trinajstić information content (AvgIpc) is 2.46. The minimum Gasteiger partial charge on any atom is -0.490 e. The first-order valence-corrected chi connectivity index (χ1v) is 6.37. The van der Waals surface area contributed by atoms with Crippen LogP contribution in [0.1, 0.15) is 18.9 Å². The van der Waals surface area contributed by atoms with E-state index in [2.05, 4.69) is 5.16 Å². The van der Waals surface area contributed by atoms with E-state index >= 15 is 0 Å². The Morgan fingerprint density at radius 3 is 2.75 bits per heavy atom. The molecular weight excluding hydrogens is 265 g/mol. The number of ether oxygens (including phenoxy) is 3. The highest BCUT2D eigenvalue weighted by Gasteiger charge is 2.09. The molecule has 1 N–H and O–H groups in total. The maximum atomic E-state index is 13.2. The van der Waals surface area contributed by atoms with E-state index in [-0.39, 0.29) is 0 Å². The molecule has 0 radical (unpaired) electrons. The zero-order valence-corrected chi connectivity index (χ0v) is 11.8. The number of hydrogen-bond acceptors (Lipinski definition) is 5. The van der Waals surface area contributed by atoms with Crippen molar-refractivity contribution in [1.82, 2.24) is 0 Å². The molecule has 112 valence electrons. The van der Waals surface area contributed by atoms with Gasteiger partial charge in [-0.15, -0.1) is 0 Å². The molecule has 0 saturated heterocycles. The van der Waals surface area contributed by atoms with Gasteiger partial charge in [-0.05, 0) is 31.5 Å². The fraction of sp³-hybridized carbons (Fsp3) is 0.500. The Hall–Kier alpha value is -1.66. The molecule has 1 rings (SSSR count). The van der Waals surface area contributed by atoms with Gasteiger partial charge in [-0.3, -0.25) is 0 Å². The zero-order valence-electron chi connectivity index (χ0n) is 11.8. The molecule has 0 fully saturated rings. The molecule has 1 aromatic carbocycles. The van der Waals surface area contributed by atoms with Crippen molar-refractivity contribution < 1.29 is 23.8 Å². The third-order valence-electron chi connectivity index (χ3n) is 2.60. The molecule has 0 atom stereocenters. The summed E-state index contributed by atoms with van der Waals surface area (Å²) in [6, 6.07) is 4.07. The highest BCUT2D eigenvalue weighted by atomic mass is 19.1. The zero-order chi connectivity index (χ0) is 14.8. The van der Waals surface area contributed by atoms with Gasteiger partial charge in [0.05, 0.1) is 12.3 Å². The predicted octanol–water partition coefficient (Wildman–Crippen LogP) is 2.46. The van der Waals surface area contributed by atoms with Crippen LogP contribution in [0.25, 0.3) is 0 Å². The molecule has 0 spiro atoms. The minimum atomic E-state index is -0.411. The van der Waals surface area contributed by atoms with Gasteiger partial charge in [-0.2, -0.15) is 0 Å². The van der Waals surface area contributed by atoms with Gasteiger partial charge >= 0.3 is 0 Å². The van der Waals surface area contributed by atoms with Crippen LogP contribution in [0, 0.1) is 5.82 Å². The number of halogens is 1. The van der Waals surface area contributed by atoms with Crippen molar-refractivity contribution in [2.45, 2.75) is 13.3 Å². The third-order valence-corrected chi connectivity index (χ3v) is 2.60. The van der Waals surface area contributed by atoms with Crippen molar-refractivity contribution in [3.63, 3.8) is 0 Å². The van der Waals surface area contributed by atoms with E-state index in [1.807, 2.05) is 0 Å². The lowest BCUT2D eigenvalue weighted by atomic mass is 10.1. The molecule has 0 aliphatic carbocycles. The van der Waals surface area contributed by atoms with Gasteiger partial charge in [0.15, 0.2) is 0 Å². The molecule has 0 saturated carbocycles. The second-order valence-corrected chi connectivity index (χ2v) is 4.13. The second kappa shape index (κ2) is 9.28. The predicted molar refractivity (Wildman–Crippen MR) is 73.2 cm³/mol. The van der Waals surface area contributed by atoms with Gasteiger partial charge in [-0.1, -0.05) is 5.16 Å². The lowest BCUT2D eigenvalue weighted by Crippen LogP contribution is -2.10. The first-order chi connectivity index (χ1) is 9.69. The van der Waals surface area contributed by atoms with Crippen LogP contribution >= 0.6 is 0 Å². The molecule has 0 aliphatic rings. The van der Waals surface area contributed by atoms with Gasteiger partial charge in [0.2, 0.25) is 0 Å². The summed E-state index contributed by atoms with van der Waals surface area (Å²) < 4.78 is 28.9. The molecule has 1 aromatic rings. The molecule has 0 unspecified atom stereocenters. The molecular formula is C14H20FNO4. The van der Waals surface area contributed by atoms with Gasteiger partial charge in [0.25, 0.3) is 0 Å². The van der Waals surface area contributed by atoms with Crippen LogP contribution in [0.2, 0.25) is 0 Å². The smallest absolute Gasteiger partial charge is 0.128 e. The lowest BCUT2D eigenvalue weighted by Gasteiger charge is -2.11. The third kappa shape index (κ3) is 5.54. The first kappa shape index (κ1) is 16.4. The van der Waals surface area contributed by atoms with Crippen LogP contribution in [-0.4, -0.2) is 44.5 Å². The maximum absolute atomic E-state index is 13.2. The quantitative estimate of drug-likeness (QED) is 0.328. The van der Waals surface area contributed by atoms with Crippen LogP contribution in [0.4, 0.5) is 4.39 Å². The Morgan fingerprint density at radius 2 is 2.05 bits per heavy atom. The number of oxime groups is 1. The van der Waals surface area contributed by atoms with Crippen molar-refractivity contribution in [2.24, 2.45) is 5.16 Å². The minimum absolute atomic E-state index is 0.292. The Kier molecular flexibility index (Phi) is 7.60. The Balaban J connectivity index is 2.43. The van der Waals surface area contributed by atoms with E-state index in [9.17, 15) is 4.39 Å². The summed E-state index contributed by atoms with van der Waals surface area (Å²) in [6.45, 7) is 3.60. The van der Waals surface area contributed by atoms with Crippen molar-refractivity contribution in [1.29, 1.82) is 0 Å². The van der Waals surface area contributed by atoms with E-state index in [1.54, 1.807) is 14.0 Å². The summed E-state index contributed by atoms with van der Waals surface area (Å²) in [5.41, 5.74) is 0.715. The fourth-order valence-corrected chi connectivity index (χ4v) is 1.58. The Labute approximate surface area is 118 Å². The van der Waals surface area contributed by atoms with E-state index < -0.39 is 5.82 Å². The van der Waals surface area contributed by atoms with Crippen molar-refractivity contribution in [3.05, 3.63) is 29.6 Å². The second-order valence-electron chi connectivity index (χ2n) is 4.13. The molecule has 5 nitrogen and oxygen atoms in total. The van der Waals surface area contributed by atoms with E-state index in [0.29, 0.717) is 43.5 Å². The normalized spacial score (nSPS) is 11.7. The van der Waals surface area contributed by atoms with Crippen LogP contribution in [-0.2, 0) is 9.47 Å². The fourth-order valence-electron chi connectivity index (χ4n) is 1.58. The summed E-state index contributed by atoms with van der Waals surface area (Å²) in [5.74, 6) is 0.0494. The molecule has 20 heavy (non-hydrogen) atoms. The topological polar surface area (TPSA) is 60.3 Å². The van der Waals surface area contributed by atoms with Crippen molar-refractivity contribution in [2.75, 3.05) is 33.5 Å². The number of benzene rings is 1. The number of hydrogen-bond donors (Lipinski definition) is 1. The van der Waals surface area contributed by atoms with Gasteiger partial charge in [0.1, 0.15) is 18.2 Å². The lowest BCUT2D eigenvalue weighted by molar-refractivity contribution is 0.0806. The van der Waals surface area contributed by atoms with Crippen LogP contribution in [0.3, 0.4) is 0 Å². The summed E-state index contributed by atoms with van der Waals surface area (Å²) >= 11 is 0. The van der Waals surface area contributed by atoms with Gasteiger partial charge < -0.3 is 19.4 Å². The molecule has 0 aliphatic heterocycles. The molecule has 0 heterocycles. The monoisotopic (exact) mass is 285 g/mol. The highest BCUT2D eigenvalue weighted by Crippen LogP contribution is 2.20. The standard InChI is InChI=1S/C14H20FNO4/c1-11(16-17)13-10-12(15)4-5-14(13)20-9-8-19-7-3-6-18-2/h4-5,10,17H,3,6-9H2,1-2H3/b16-11+. The van der Waals surface area contributed by atoms with Crippen LogP contribution < -0.4 is 4.74 Å². The van der Waals surface area contributed by atoms with Crippen molar-refractivity contribution in [3.8, 4) is 5.75 Å². The maximum Gasteiger partial charge on any atom is 0.128 e. The van der Waals surface area contributed by atoms with E-state index in [1.165, 1.54) is 18.2 Å². The first-order valence-electron chi connectivity index (χ1n) is 6.37. The summed E-state index contributed by atoms with van der Waals surface area (Å²) in [4.78, 5) is 0. The van der Waals surface area contributed by atoms with Gasteiger partial charge in [-0.25, -0.2) is 4.39 Å². The molecule has 6 heteroatoms. The highest BCUT2D eigenvalue weighted by molar-refractivity contribution is 6.00. The largest absolute Gasteiger partial charge is 0.490 e. The summed E-state index contributed by atoms with van der Waals surface area (Å²) in [6.07, 6.45) is 0.828. The van der Waals surface area contributed by atoms with Crippen molar-refractivity contribution >= 4 is 5.71 Å². The molecule has 0 aromatic heterocycles. The van der Waals surface area contributed by atoms with Crippen LogP contribution in [0.5, 0.6) is 5.75 Å². The molecule has 0 bridgehead atoms. The number of methoxy groups -OCH3 is 1. The van der Waals surface area contributed by atoms with Crippen LogP contribution in [0.15, 0.2) is 23.4 Å². The number of nitrogens with zero attached hydrogens (tertiary/aromatic N) is 1. The number of rotatable bonds is 9.